The van der Waals surface area contributed by atoms with Crippen molar-refractivity contribution in [1.82, 2.24) is 15.4 Å². The number of aromatic nitrogens is 1. The molecule has 0 bridgehead atoms. The summed E-state index contributed by atoms with van der Waals surface area (Å²) in [6.07, 6.45) is 0. The highest BCUT2D eigenvalue weighted by Gasteiger charge is 2.08. The molecule has 0 unspecified atom stereocenters. The molecular weight excluding hydrogens is 286 g/mol. The lowest BCUT2D eigenvalue weighted by Gasteiger charge is -2.14. The van der Waals surface area contributed by atoms with Gasteiger partial charge in [-0.3, -0.25) is 4.90 Å². The number of nitrogens with one attached hydrogen (secondary N) is 1. The van der Waals surface area contributed by atoms with Gasteiger partial charge in [0.1, 0.15) is 0 Å². The first-order chi connectivity index (χ1) is 10.0. The zero-order chi connectivity index (χ0) is 15.2. The van der Waals surface area contributed by atoms with Gasteiger partial charge < -0.3 is 9.84 Å². The highest BCUT2D eigenvalue weighted by Crippen LogP contribution is 2.13. The molecule has 0 aliphatic carbocycles. The summed E-state index contributed by atoms with van der Waals surface area (Å²) in [7, 11) is 2.06. The maximum Gasteiger partial charge on any atom is 0.151 e. The third-order valence-corrected chi connectivity index (χ3v) is 3.34. The van der Waals surface area contributed by atoms with Crippen LogP contribution in [0, 0.1) is 0 Å². The van der Waals surface area contributed by atoms with Gasteiger partial charge in [-0.1, -0.05) is 42.7 Å². The highest BCUT2D eigenvalue weighted by molar-refractivity contribution is 6.30. The van der Waals surface area contributed by atoms with Crippen LogP contribution in [0.5, 0.6) is 0 Å². The fraction of sp³-hybridized carbons (Fsp3) is 0.438. The van der Waals surface area contributed by atoms with Crippen LogP contribution in [0.2, 0.25) is 5.02 Å². The zero-order valence-electron chi connectivity index (χ0n) is 12.8. The van der Waals surface area contributed by atoms with E-state index in [2.05, 4.69) is 36.3 Å². The summed E-state index contributed by atoms with van der Waals surface area (Å²) in [5.41, 5.74) is 2.17. The standard InChI is InChI=1S/C16H22ClN3O/c1-12(2)18-9-15-8-16(21-19-15)11-20(3)10-13-4-6-14(17)7-5-13/h4-8,12,18H,9-11H2,1-3H3. The lowest BCUT2D eigenvalue weighted by Crippen LogP contribution is -2.21. The Hall–Kier alpha value is -1.36. The second kappa shape index (κ2) is 7.59. The van der Waals surface area contributed by atoms with Crippen molar-refractivity contribution in [1.29, 1.82) is 0 Å². The number of rotatable bonds is 7. The molecule has 4 nitrogen and oxygen atoms in total. The van der Waals surface area contributed by atoms with Gasteiger partial charge in [0.25, 0.3) is 0 Å². The van der Waals surface area contributed by atoms with Gasteiger partial charge in [0, 0.05) is 30.2 Å². The van der Waals surface area contributed by atoms with Gasteiger partial charge in [0.2, 0.25) is 0 Å². The largest absolute Gasteiger partial charge is 0.360 e. The van der Waals surface area contributed by atoms with E-state index in [-0.39, 0.29) is 0 Å². The first kappa shape index (κ1) is 16.0. The number of nitrogens with zero attached hydrogens (tertiary/aromatic N) is 2. The topological polar surface area (TPSA) is 41.3 Å². The van der Waals surface area contributed by atoms with Gasteiger partial charge in [0.15, 0.2) is 5.76 Å². The fourth-order valence-corrected chi connectivity index (χ4v) is 2.17. The number of hydrogen-bond acceptors (Lipinski definition) is 4. The summed E-state index contributed by atoms with van der Waals surface area (Å²) in [5.74, 6) is 0.881. The van der Waals surface area contributed by atoms with Crippen molar-refractivity contribution in [2.45, 2.75) is 39.5 Å². The van der Waals surface area contributed by atoms with Crippen LogP contribution in [-0.4, -0.2) is 23.1 Å². The molecule has 0 radical (unpaired) electrons. The predicted molar refractivity (Wildman–Crippen MR) is 85.1 cm³/mol. The molecule has 1 heterocycles. The smallest absolute Gasteiger partial charge is 0.151 e. The molecule has 1 aromatic heterocycles. The molecule has 114 valence electrons. The lowest BCUT2D eigenvalue weighted by atomic mass is 10.2. The molecule has 0 aliphatic rings. The van der Waals surface area contributed by atoms with Crippen LogP contribution in [0.25, 0.3) is 0 Å². The third kappa shape index (κ3) is 5.50. The SMILES string of the molecule is CC(C)NCc1cc(CN(C)Cc2ccc(Cl)cc2)on1. The van der Waals surface area contributed by atoms with Crippen LogP contribution in [0.3, 0.4) is 0 Å². The Morgan fingerprint density at radius 3 is 2.62 bits per heavy atom. The van der Waals surface area contributed by atoms with Gasteiger partial charge in [0.05, 0.1) is 12.2 Å². The van der Waals surface area contributed by atoms with Crippen LogP contribution in [0.4, 0.5) is 0 Å². The van der Waals surface area contributed by atoms with Crippen LogP contribution in [0.15, 0.2) is 34.9 Å². The minimum absolute atomic E-state index is 0.442. The van der Waals surface area contributed by atoms with Crippen LogP contribution in [-0.2, 0) is 19.6 Å². The Kier molecular flexibility index (Phi) is 5.79. The normalized spacial score (nSPS) is 11.5. The first-order valence-corrected chi connectivity index (χ1v) is 7.51. The van der Waals surface area contributed by atoms with E-state index < -0.39 is 0 Å². The van der Waals surface area contributed by atoms with Gasteiger partial charge in [-0.2, -0.15) is 0 Å². The molecule has 0 amide bonds. The zero-order valence-corrected chi connectivity index (χ0v) is 13.5. The maximum absolute atomic E-state index is 5.89. The molecule has 0 saturated carbocycles. The van der Waals surface area contributed by atoms with Crippen molar-refractivity contribution in [3.05, 3.63) is 52.4 Å². The maximum atomic E-state index is 5.89. The molecule has 2 aromatic rings. The van der Waals surface area contributed by atoms with Gasteiger partial charge >= 0.3 is 0 Å². The summed E-state index contributed by atoms with van der Waals surface area (Å²) in [6.45, 7) is 6.54. The third-order valence-electron chi connectivity index (χ3n) is 3.09. The summed E-state index contributed by atoms with van der Waals surface area (Å²) in [5, 5.41) is 8.17. The van der Waals surface area contributed by atoms with E-state index in [1.54, 1.807) is 0 Å². The Morgan fingerprint density at radius 1 is 1.24 bits per heavy atom. The molecule has 2 rings (SSSR count). The second-order valence-corrected chi connectivity index (χ2v) is 6.06. The van der Waals surface area contributed by atoms with Gasteiger partial charge in [-0.05, 0) is 24.7 Å². The number of hydrogen-bond donors (Lipinski definition) is 1. The summed E-state index contributed by atoms with van der Waals surface area (Å²) >= 11 is 5.89. The Labute approximate surface area is 131 Å². The molecule has 0 aliphatic heterocycles. The minimum Gasteiger partial charge on any atom is -0.360 e. The van der Waals surface area contributed by atoms with Crippen molar-refractivity contribution < 1.29 is 4.52 Å². The molecule has 0 saturated heterocycles. The second-order valence-electron chi connectivity index (χ2n) is 5.62. The number of benzene rings is 1. The van der Waals surface area contributed by atoms with Crippen molar-refractivity contribution in [2.75, 3.05) is 7.05 Å². The molecule has 0 fully saturated rings. The molecular formula is C16H22ClN3O. The Morgan fingerprint density at radius 2 is 1.95 bits per heavy atom. The van der Waals surface area contributed by atoms with Crippen molar-refractivity contribution in [3.8, 4) is 0 Å². The number of halogens is 1. The van der Waals surface area contributed by atoms with E-state index >= 15 is 0 Å². The fourth-order valence-electron chi connectivity index (χ4n) is 2.05. The van der Waals surface area contributed by atoms with Gasteiger partial charge in [-0.25, -0.2) is 0 Å². The Bertz CT molecular complexity index is 551. The minimum atomic E-state index is 0.442. The average Bonchev–Trinajstić information content (AvgIpc) is 2.86. The van der Waals surface area contributed by atoms with Crippen LogP contribution in [0.1, 0.15) is 30.9 Å². The molecule has 5 heteroatoms. The van der Waals surface area contributed by atoms with E-state index in [4.69, 9.17) is 16.1 Å². The summed E-state index contributed by atoms with van der Waals surface area (Å²) < 4.78 is 5.37. The molecule has 0 spiro atoms. The molecule has 1 aromatic carbocycles. The quantitative estimate of drug-likeness (QED) is 0.850. The van der Waals surface area contributed by atoms with Crippen molar-refractivity contribution >= 4 is 11.6 Å². The van der Waals surface area contributed by atoms with E-state index in [9.17, 15) is 0 Å². The van der Waals surface area contributed by atoms with Crippen LogP contribution >= 0.6 is 11.6 Å². The van der Waals surface area contributed by atoms with E-state index in [1.165, 1.54) is 5.56 Å². The van der Waals surface area contributed by atoms with Crippen molar-refractivity contribution in [2.24, 2.45) is 0 Å². The lowest BCUT2D eigenvalue weighted by molar-refractivity contribution is 0.265. The van der Waals surface area contributed by atoms with E-state index in [1.807, 2.05) is 30.3 Å². The van der Waals surface area contributed by atoms with Crippen molar-refractivity contribution in [3.63, 3.8) is 0 Å². The van der Waals surface area contributed by atoms with E-state index in [0.717, 1.165) is 36.1 Å². The predicted octanol–water partition coefficient (Wildman–Crippen LogP) is 3.46. The van der Waals surface area contributed by atoms with Crippen LogP contribution < -0.4 is 5.32 Å². The summed E-state index contributed by atoms with van der Waals surface area (Å²) in [6, 6.07) is 10.4. The summed E-state index contributed by atoms with van der Waals surface area (Å²) in [4.78, 5) is 2.18. The van der Waals surface area contributed by atoms with Gasteiger partial charge in [-0.15, -0.1) is 0 Å². The molecule has 0 atom stereocenters. The first-order valence-electron chi connectivity index (χ1n) is 7.14. The monoisotopic (exact) mass is 307 g/mol. The average molecular weight is 308 g/mol. The molecule has 1 N–H and O–H groups in total. The van der Waals surface area contributed by atoms with E-state index in [0.29, 0.717) is 6.04 Å². The Balaban J connectivity index is 1.84. The molecule has 21 heavy (non-hydrogen) atoms. The highest BCUT2D eigenvalue weighted by atomic mass is 35.5.